The lowest BCUT2D eigenvalue weighted by atomic mass is 10.0. The van der Waals surface area contributed by atoms with Gasteiger partial charge in [0, 0.05) is 32.2 Å². The van der Waals surface area contributed by atoms with Crippen LogP contribution in [-0.4, -0.2) is 60.4 Å². The molecule has 6 nitrogen and oxygen atoms in total. The first kappa shape index (κ1) is 24.5. The van der Waals surface area contributed by atoms with Crippen molar-refractivity contribution >= 4 is 29.1 Å². The van der Waals surface area contributed by atoms with Crippen LogP contribution in [0.3, 0.4) is 0 Å². The molecule has 4 rings (SSSR count). The third-order valence-electron chi connectivity index (χ3n) is 6.00. The number of piperazine rings is 1. The maximum atomic E-state index is 13.3. The van der Waals surface area contributed by atoms with E-state index < -0.39 is 23.7 Å². The summed E-state index contributed by atoms with van der Waals surface area (Å²) in [4.78, 5) is 29.5. The van der Waals surface area contributed by atoms with E-state index in [1.165, 1.54) is 0 Å². The average Bonchev–Trinajstić information content (AvgIpc) is 3.60. The predicted molar refractivity (Wildman–Crippen MR) is 123 cm³/mol. The number of anilines is 1. The highest BCUT2D eigenvalue weighted by Gasteiger charge is 2.34. The van der Waals surface area contributed by atoms with Crippen molar-refractivity contribution in [3.05, 3.63) is 64.7 Å². The first-order valence-corrected chi connectivity index (χ1v) is 11.6. The van der Waals surface area contributed by atoms with E-state index in [9.17, 15) is 22.8 Å². The molecule has 0 unspecified atom stereocenters. The zero-order valence-electron chi connectivity index (χ0n) is 18.4. The first-order valence-electron chi connectivity index (χ1n) is 11.2. The molecule has 182 valence electrons. The fourth-order valence-electron chi connectivity index (χ4n) is 4.05. The minimum atomic E-state index is -4.55. The Balaban J connectivity index is 1.47. The molecule has 1 aliphatic carbocycles. The Morgan fingerprint density at radius 3 is 2.32 bits per heavy atom. The molecule has 2 amide bonds. The van der Waals surface area contributed by atoms with Crippen LogP contribution < -0.4 is 10.6 Å². The van der Waals surface area contributed by atoms with Gasteiger partial charge in [0.2, 0.25) is 11.8 Å². The summed E-state index contributed by atoms with van der Waals surface area (Å²) in [5, 5.41) is 5.60. The zero-order valence-corrected chi connectivity index (χ0v) is 19.2. The summed E-state index contributed by atoms with van der Waals surface area (Å²) < 4.78 is 39.5. The van der Waals surface area contributed by atoms with Gasteiger partial charge in [-0.05, 0) is 36.6 Å². The largest absolute Gasteiger partial charge is 0.416 e. The number of halogens is 4. The van der Waals surface area contributed by atoms with Gasteiger partial charge in [-0.1, -0.05) is 41.9 Å². The number of rotatable bonds is 7. The average molecular weight is 495 g/mol. The molecule has 1 saturated carbocycles. The van der Waals surface area contributed by atoms with Crippen LogP contribution in [0, 0.1) is 0 Å². The van der Waals surface area contributed by atoms with Gasteiger partial charge in [-0.25, -0.2) is 0 Å². The Labute approximate surface area is 201 Å². The molecule has 2 aliphatic rings. The summed E-state index contributed by atoms with van der Waals surface area (Å²) >= 11 is 6.09. The highest BCUT2D eigenvalue weighted by molar-refractivity contribution is 6.33. The lowest BCUT2D eigenvalue weighted by molar-refractivity contribution is -0.137. The number of amides is 2. The molecule has 1 atom stereocenters. The van der Waals surface area contributed by atoms with Crippen molar-refractivity contribution in [2.75, 3.05) is 38.0 Å². The summed E-state index contributed by atoms with van der Waals surface area (Å²) in [6.07, 6.45) is -2.49. The molecule has 2 aromatic rings. The number of hydrogen-bond donors (Lipinski definition) is 2. The van der Waals surface area contributed by atoms with Gasteiger partial charge in [-0.15, -0.1) is 0 Å². The Bertz CT molecular complexity index is 1020. The van der Waals surface area contributed by atoms with E-state index in [1.54, 1.807) is 0 Å². The van der Waals surface area contributed by atoms with Crippen molar-refractivity contribution in [3.8, 4) is 0 Å². The fourth-order valence-corrected chi connectivity index (χ4v) is 4.21. The molecule has 2 aromatic carbocycles. The number of carbonyl (C=O) groups excluding carboxylic acids is 2. The van der Waals surface area contributed by atoms with E-state index in [2.05, 4.69) is 10.6 Å². The maximum Gasteiger partial charge on any atom is 0.416 e. The number of hydrogen-bond acceptors (Lipinski definition) is 4. The molecule has 0 bridgehead atoms. The molecule has 0 spiro atoms. The Hall–Kier alpha value is -2.62. The van der Waals surface area contributed by atoms with Gasteiger partial charge < -0.3 is 10.6 Å². The summed E-state index contributed by atoms with van der Waals surface area (Å²) in [6, 6.07) is 11.5. The van der Waals surface area contributed by atoms with Crippen molar-refractivity contribution in [2.45, 2.75) is 31.1 Å². The number of alkyl halides is 3. The van der Waals surface area contributed by atoms with Crippen LogP contribution in [0.4, 0.5) is 18.9 Å². The van der Waals surface area contributed by atoms with Crippen molar-refractivity contribution in [3.63, 3.8) is 0 Å². The topological polar surface area (TPSA) is 64.7 Å². The summed E-state index contributed by atoms with van der Waals surface area (Å²) in [5.41, 5.74) is -0.248. The number of nitrogens with zero attached hydrogens (tertiary/aromatic N) is 2. The molecule has 0 aromatic heterocycles. The van der Waals surface area contributed by atoms with Crippen LogP contribution in [-0.2, 0) is 15.8 Å². The van der Waals surface area contributed by atoms with Crippen molar-refractivity contribution in [2.24, 2.45) is 0 Å². The van der Waals surface area contributed by atoms with E-state index in [1.807, 2.05) is 40.1 Å². The van der Waals surface area contributed by atoms with Crippen LogP contribution in [0.25, 0.3) is 0 Å². The molecular weight excluding hydrogens is 469 g/mol. The van der Waals surface area contributed by atoms with Crippen LogP contribution in [0.5, 0.6) is 0 Å². The number of benzene rings is 2. The number of carbonyl (C=O) groups is 2. The molecule has 1 aliphatic heterocycles. The van der Waals surface area contributed by atoms with Crippen molar-refractivity contribution < 1.29 is 22.8 Å². The van der Waals surface area contributed by atoms with Crippen LogP contribution >= 0.6 is 11.6 Å². The minimum Gasteiger partial charge on any atom is -0.352 e. The van der Waals surface area contributed by atoms with Crippen molar-refractivity contribution in [1.29, 1.82) is 0 Å². The summed E-state index contributed by atoms with van der Waals surface area (Å²) in [6.45, 7) is 2.56. The third kappa shape index (κ3) is 6.28. The molecule has 2 fully saturated rings. The van der Waals surface area contributed by atoms with Gasteiger partial charge in [-0.3, -0.25) is 19.4 Å². The van der Waals surface area contributed by atoms with E-state index in [-0.39, 0.29) is 16.6 Å². The second-order valence-corrected chi connectivity index (χ2v) is 9.06. The van der Waals surface area contributed by atoms with Crippen LogP contribution in [0.1, 0.15) is 30.0 Å². The second kappa shape index (κ2) is 10.3. The minimum absolute atomic E-state index is 0.00694. The summed E-state index contributed by atoms with van der Waals surface area (Å²) in [7, 11) is 0. The Morgan fingerprint density at radius 2 is 1.71 bits per heavy atom. The lowest BCUT2D eigenvalue weighted by Gasteiger charge is -2.38. The highest BCUT2D eigenvalue weighted by Crippen LogP contribution is 2.34. The lowest BCUT2D eigenvalue weighted by Crippen LogP contribution is -2.52. The SMILES string of the molecule is O=C(CN1CCN([C@@H](C(=O)Nc2cc(C(F)(F)F)ccc2Cl)c2ccccc2)CC1)NC1CC1. The summed E-state index contributed by atoms with van der Waals surface area (Å²) in [5.74, 6) is -0.458. The van der Waals surface area contributed by atoms with Crippen molar-refractivity contribution in [1.82, 2.24) is 15.1 Å². The molecule has 10 heteroatoms. The molecule has 1 heterocycles. The molecular formula is C24H26ClF3N4O2. The second-order valence-electron chi connectivity index (χ2n) is 8.65. The standard InChI is InChI=1S/C24H26ClF3N4O2/c25-19-9-6-17(24(26,27)28)14-20(19)30-23(34)22(16-4-2-1-3-5-16)32-12-10-31(11-13-32)15-21(33)29-18-7-8-18/h1-6,9,14,18,22H,7-8,10-13,15H2,(H,29,33)(H,30,34)/t22-/m1/s1. The maximum absolute atomic E-state index is 13.3. The van der Waals surface area contributed by atoms with Gasteiger partial charge >= 0.3 is 6.18 Å². The molecule has 1 saturated heterocycles. The van der Waals surface area contributed by atoms with Gasteiger partial charge in [0.25, 0.3) is 0 Å². The van der Waals surface area contributed by atoms with Gasteiger partial charge in [-0.2, -0.15) is 13.2 Å². The first-order chi connectivity index (χ1) is 16.2. The van der Waals surface area contributed by atoms with Crippen LogP contribution in [0.15, 0.2) is 48.5 Å². The van der Waals surface area contributed by atoms with Gasteiger partial charge in [0.15, 0.2) is 0 Å². The fraction of sp³-hybridized carbons (Fsp3) is 0.417. The van der Waals surface area contributed by atoms with E-state index in [0.717, 1.165) is 36.6 Å². The smallest absolute Gasteiger partial charge is 0.352 e. The molecule has 0 radical (unpaired) electrons. The zero-order chi connectivity index (χ0) is 24.3. The van der Waals surface area contributed by atoms with Gasteiger partial charge in [0.1, 0.15) is 6.04 Å². The van der Waals surface area contributed by atoms with E-state index in [4.69, 9.17) is 11.6 Å². The normalized spacial score (nSPS) is 18.4. The third-order valence-corrected chi connectivity index (χ3v) is 6.33. The van der Waals surface area contributed by atoms with E-state index >= 15 is 0 Å². The molecule has 2 N–H and O–H groups in total. The predicted octanol–water partition coefficient (Wildman–Crippen LogP) is 3.93. The monoisotopic (exact) mass is 494 g/mol. The van der Waals surface area contributed by atoms with Crippen LogP contribution in [0.2, 0.25) is 5.02 Å². The van der Waals surface area contributed by atoms with Gasteiger partial charge in [0.05, 0.1) is 22.8 Å². The Morgan fingerprint density at radius 1 is 1.03 bits per heavy atom. The quantitative estimate of drug-likeness (QED) is 0.612. The van der Waals surface area contributed by atoms with E-state index in [0.29, 0.717) is 38.8 Å². The Kier molecular flexibility index (Phi) is 7.45. The number of nitrogens with one attached hydrogen (secondary N) is 2. The highest BCUT2D eigenvalue weighted by atomic mass is 35.5. The molecule has 34 heavy (non-hydrogen) atoms.